The molecule has 5 nitrogen and oxygen atoms in total. The molecule has 5 heteroatoms. The van der Waals surface area contributed by atoms with Gasteiger partial charge in [-0.25, -0.2) is 14.6 Å². The van der Waals surface area contributed by atoms with Crippen LogP contribution in [-0.4, -0.2) is 26.3 Å². The van der Waals surface area contributed by atoms with E-state index >= 15 is 0 Å². The van der Waals surface area contributed by atoms with Crippen molar-refractivity contribution in [2.24, 2.45) is 5.92 Å². The topological polar surface area (TPSA) is 55.6 Å². The quantitative estimate of drug-likeness (QED) is 0.845. The minimum atomic E-state index is 0.632. The number of aromatic nitrogens is 4. The molecule has 2 aromatic heterocycles. The van der Waals surface area contributed by atoms with Crippen LogP contribution in [0.5, 0.6) is 0 Å². The summed E-state index contributed by atoms with van der Waals surface area (Å²) in [5.41, 5.74) is 1.05. The molecule has 0 spiro atoms. The van der Waals surface area contributed by atoms with Crippen molar-refractivity contribution in [3.05, 3.63) is 36.5 Å². The first-order valence-corrected chi connectivity index (χ1v) is 5.77. The summed E-state index contributed by atoms with van der Waals surface area (Å²) in [6, 6.07) is 1.88. The normalized spacial score (nSPS) is 11.0. The number of nitrogens with one attached hydrogen (secondary N) is 1. The van der Waals surface area contributed by atoms with E-state index < -0.39 is 0 Å². The lowest BCUT2D eigenvalue weighted by molar-refractivity contribution is 0.549. The Kier molecular flexibility index (Phi) is 3.82. The third-order valence-electron chi connectivity index (χ3n) is 2.35. The van der Waals surface area contributed by atoms with Gasteiger partial charge < -0.3 is 5.32 Å². The Balaban J connectivity index is 2.11. The zero-order valence-electron chi connectivity index (χ0n) is 10.2. The predicted octanol–water partition coefficient (Wildman–Crippen LogP) is 1.41. The zero-order chi connectivity index (χ0) is 12.1. The summed E-state index contributed by atoms with van der Waals surface area (Å²) in [7, 11) is 0. The second-order valence-electron chi connectivity index (χ2n) is 4.35. The van der Waals surface area contributed by atoms with Gasteiger partial charge in [0.05, 0.1) is 0 Å². The Morgan fingerprint density at radius 1 is 1.41 bits per heavy atom. The number of nitrogens with zero attached hydrogens (tertiary/aromatic N) is 4. The highest BCUT2D eigenvalue weighted by atomic mass is 15.3. The molecule has 0 bridgehead atoms. The molecule has 0 saturated heterocycles. The molecule has 2 aromatic rings. The van der Waals surface area contributed by atoms with Crippen LogP contribution in [0, 0.1) is 5.92 Å². The second kappa shape index (κ2) is 5.54. The van der Waals surface area contributed by atoms with E-state index in [0.717, 1.165) is 24.5 Å². The van der Waals surface area contributed by atoms with Crippen molar-refractivity contribution in [1.82, 2.24) is 25.1 Å². The van der Waals surface area contributed by atoms with Gasteiger partial charge in [-0.15, -0.1) is 0 Å². The van der Waals surface area contributed by atoms with Crippen LogP contribution in [0.25, 0.3) is 5.82 Å². The van der Waals surface area contributed by atoms with E-state index in [-0.39, 0.29) is 0 Å². The van der Waals surface area contributed by atoms with Crippen LogP contribution in [0.2, 0.25) is 0 Å². The van der Waals surface area contributed by atoms with Crippen LogP contribution < -0.4 is 5.32 Å². The standard InChI is InChI=1S/C12H17N5/c1-10(2)6-13-7-11-8-14-9-15-12(11)17-5-3-4-16-17/h3-5,8-10,13H,6-7H2,1-2H3. The molecule has 0 amide bonds. The molecule has 90 valence electrons. The minimum Gasteiger partial charge on any atom is -0.312 e. The fourth-order valence-electron chi connectivity index (χ4n) is 1.57. The van der Waals surface area contributed by atoms with E-state index in [2.05, 4.69) is 34.2 Å². The lowest BCUT2D eigenvalue weighted by Crippen LogP contribution is -2.20. The van der Waals surface area contributed by atoms with Gasteiger partial charge in [-0.2, -0.15) is 5.10 Å². The van der Waals surface area contributed by atoms with Crippen molar-refractivity contribution in [2.75, 3.05) is 6.54 Å². The Hall–Kier alpha value is -1.75. The van der Waals surface area contributed by atoms with Crippen molar-refractivity contribution in [3.8, 4) is 5.82 Å². The summed E-state index contributed by atoms with van der Waals surface area (Å²) in [6.07, 6.45) is 7.00. The van der Waals surface area contributed by atoms with E-state index in [9.17, 15) is 0 Å². The first-order chi connectivity index (χ1) is 8.27. The van der Waals surface area contributed by atoms with Crippen LogP contribution >= 0.6 is 0 Å². The van der Waals surface area contributed by atoms with Gasteiger partial charge in [-0.05, 0) is 18.5 Å². The molecular weight excluding hydrogens is 214 g/mol. The van der Waals surface area contributed by atoms with Crippen molar-refractivity contribution < 1.29 is 0 Å². The molecule has 0 atom stereocenters. The molecule has 0 radical (unpaired) electrons. The summed E-state index contributed by atoms with van der Waals surface area (Å²) in [5, 5.41) is 7.57. The van der Waals surface area contributed by atoms with Gasteiger partial charge in [0, 0.05) is 30.7 Å². The number of rotatable bonds is 5. The van der Waals surface area contributed by atoms with Gasteiger partial charge in [0.2, 0.25) is 0 Å². The van der Waals surface area contributed by atoms with Crippen molar-refractivity contribution in [1.29, 1.82) is 0 Å². The minimum absolute atomic E-state index is 0.632. The summed E-state index contributed by atoms with van der Waals surface area (Å²) < 4.78 is 1.76. The Morgan fingerprint density at radius 3 is 3.00 bits per heavy atom. The summed E-state index contributed by atoms with van der Waals surface area (Å²) in [6.45, 7) is 6.10. The monoisotopic (exact) mass is 231 g/mol. The third kappa shape index (κ3) is 3.10. The average molecular weight is 231 g/mol. The molecule has 0 unspecified atom stereocenters. The molecule has 2 rings (SSSR count). The van der Waals surface area contributed by atoms with Crippen LogP contribution in [0.15, 0.2) is 31.0 Å². The van der Waals surface area contributed by atoms with E-state index in [0.29, 0.717) is 5.92 Å². The molecule has 2 heterocycles. The van der Waals surface area contributed by atoms with Gasteiger partial charge >= 0.3 is 0 Å². The van der Waals surface area contributed by atoms with Gasteiger partial charge in [0.1, 0.15) is 6.33 Å². The maximum Gasteiger partial charge on any atom is 0.161 e. The van der Waals surface area contributed by atoms with Crippen molar-refractivity contribution in [2.45, 2.75) is 20.4 Å². The van der Waals surface area contributed by atoms with E-state index in [1.807, 2.05) is 18.5 Å². The molecule has 0 fully saturated rings. The molecule has 17 heavy (non-hydrogen) atoms. The summed E-state index contributed by atoms with van der Waals surface area (Å²) >= 11 is 0. The lowest BCUT2D eigenvalue weighted by atomic mass is 10.2. The van der Waals surface area contributed by atoms with E-state index in [1.165, 1.54) is 0 Å². The van der Waals surface area contributed by atoms with E-state index in [4.69, 9.17) is 0 Å². The first-order valence-electron chi connectivity index (χ1n) is 5.77. The van der Waals surface area contributed by atoms with E-state index in [1.54, 1.807) is 17.2 Å². The maximum absolute atomic E-state index is 4.27. The van der Waals surface area contributed by atoms with Crippen LogP contribution in [0.4, 0.5) is 0 Å². The lowest BCUT2D eigenvalue weighted by Gasteiger charge is -2.10. The number of hydrogen-bond acceptors (Lipinski definition) is 4. The van der Waals surface area contributed by atoms with Crippen molar-refractivity contribution in [3.63, 3.8) is 0 Å². The van der Waals surface area contributed by atoms with Gasteiger partial charge in [-0.1, -0.05) is 13.8 Å². The van der Waals surface area contributed by atoms with Gasteiger partial charge in [0.15, 0.2) is 5.82 Å². The van der Waals surface area contributed by atoms with Crippen molar-refractivity contribution >= 4 is 0 Å². The molecule has 0 aromatic carbocycles. The Labute approximate surface area is 101 Å². The second-order valence-corrected chi connectivity index (χ2v) is 4.35. The van der Waals surface area contributed by atoms with Gasteiger partial charge in [0.25, 0.3) is 0 Å². The Bertz CT molecular complexity index is 450. The Morgan fingerprint density at radius 2 is 2.29 bits per heavy atom. The van der Waals surface area contributed by atoms with Crippen LogP contribution in [0.3, 0.4) is 0 Å². The highest BCUT2D eigenvalue weighted by molar-refractivity contribution is 5.30. The van der Waals surface area contributed by atoms with Crippen LogP contribution in [-0.2, 0) is 6.54 Å². The maximum atomic E-state index is 4.27. The smallest absolute Gasteiger partial charge is 0.161 e. The summed E-state index contributed by atoms with van der Waals surface area (Å²) in [5.74, 6) is 1.47. The molecular formula is C12H17N5. The third-order valence-corrected chi connectivity index (χ3v) is 2.35. The molecule has 1 N–H and O–H groups in total. The van der Waals surface area contributed by atoms with Crippen LogP contribution in [0.1, 0.15) is 19.4 Å². The number of hydrogen-bond donors (Lipinski definition) is 1. The SMILES string of the molecule is CC(C)CNCc1cncnc1-n1cccn1. The zero-order valence-corrected chi connectivity index (χ0v) is 10.2. The highest BCUT2D eigenvalue weighted by Crippen LogP contribution is 2.08. The predicted molar refractivity (Wildman–Crippen MR) is 65.7 cm³/mol. The van der Waals surface area contributed by atoms with Gasteiger partial charge in [-0.3, -0.25) is 0 Å². The fraction of sp³-hybridized carbons (Fsp3) is 0.417. The molecule has 0 aliphatic carbocycles. The molecule has 0 aliphatic heterocycles. The largest absolute Gasteiger partial charge is 0.312 e. The summed E-state index contributed by atoms with van der Waals surface area (Å²) in [4.78, 5) is 8.33. The fourth-order valence-corrected chi connectivity index (χ4v) is 1.57. The molecule has 0 aliphatic rings. The highest BCUT2D eigenvalue weighted by Gasteiger charge is 2.06. The first kappa shape index (κ1) is 11.7. The molecule has 0 saturated carbocycles. The average Bonchev–Trinajstić information content (AvgIpc) is 2.82.